The van der Waals surface area contributed by atoms with Gasteiger partial charge < -0.3 is 10.1 Å². The lowest BCUT2D eigenvalue weighted by Gasteiger charge is -2.09. The maximum atomic E-state index is 13.8. The number of hydrogen-bond donors (Lipinski definition) is 1. The Morgan fingerprint density at radius 3 is 2.62 bits per heavy atom. The van der Waals surface area contributed by atoms with Crippen LogP contribution in [0.4, 0.5) is 8.78 Å². The predicted octanol–water partition coefficient (Wildman–Crippen LogP) is 3.80. The van der Waals surface area contributed by atoms with Gasteiger partial charge in [0.2, 0.25) is 0 Å². The minimum atomic E-state index is -2.80. The fraction of sp³-hybridized carbons (Fsp3) is 0.273. The van der Waals surface area contributed by atoms with Crippen LogP contribution in [-0.2, 0) is 13.1 Å². The highest BCUT2D eigenvalue weighted by molar-refractivity contribution is 5.99. The van der Waals surface area contributed by atoms with Gasteiger partial charge in [-0.05, 0) is 44.2 Å². The Kier molecular flexibility index (Phi) is 5.85. The number of aromatic nitrogens is 5. The molecule has 0 atom stereocenters. The van der Waals surface area contributed by atoms with Crippen molar-refractivity contribution in [3.8, 4) is 17.0 Å². The summed E-state index contributed by atoms with van der Waals surface area (Å²) in [5.74, 6) is 0.179. The van der Waals surface area contributed by atoms with Crippen molar-refractivity contribution in [3.63, 3.8) is 0 Å². The monoisotopic (exact) mass is 440 g/mol. The number of nitrogens with one attached hydrogen (secondary N) is 1. The van der Waals surface area contributed by atoms with Crippen LogP contribution in [0.15, 0.2) is 42.7 Å². The largest absolute Gasteiger partial charge is 0.497 e. The molecule has 0 unspecified atom stereocenters. The molecule has 4 aromatic rings. The minimum absolute atomic E-state index is 0.0621. The number of carbonyl (C=O) groups is 1. The van der Waals surface area contributed by atoms with Gasteiger partial charge >= 0.3 is 0 Å². The van der Waals surface area contributed by atoms with Crippen LogP contribution >= 0.6 is 0 Å². The first kappa shape index (κ1) is 21.4. The topological polar surface area (TPSA) is 86.3 Å². The number of halogens is 2. The number of rotatable bonds is 7. The molecule has 166 valence electrons. The zero-order valence-electron chi connectivity index (χ0n) is 17.8. The summed E-state index contributed by atoms with van der Waals surface area (Å²) < 4.78 is 35.4. The van der Waals surface area contributed by atoms with Gasteiger partial charge in [-0.1, -0.05) is 0 Å². The molecular formula is C22H22F2N6O2. The molecular weight excluding hydrogens is 418 g/mol. The summed E-state index contributed by atoms with van der Waals surface area (Å²) in [5, 5.41) is 11.1. The molecule has 1 aromatic carbocycles. The standard InChI is InChI=1S/C22H22F2N6O2/c1-4-29-12-15(13(2)28-29)10-25-22(31)17-11-26-30-19(20(23)24)9-18(27-21(17)30)14-5-7-16(32-3)8-6-14/h5-9,11-12,20H,4,10H2,1-3H3,(H,25,31). The number of aryl methyl sites for hydroxylation is 2. The van der Waals surface area contributed by atoms with E-state index in [2.05, 4.69) is 20.5 Å². The van der Waals surface area contributed by atoms with E-state index < -0.39 is 12.3 Å². The molecule has 0 aliphatic carbocycles. The van der Waals surface area contributed by atoms with E-state index in [9.17, 15) is 13.6 Å². The average molecular weight is 440 g/mol. The van der Waals surface area contributed by atoms with Crippen molar-refractivity contribution >= 4 is 11.6 Å². The molecule has 0 aliphatic heterocycles. The number of hydrogen-bond acceptors (Lipinski definition) is 5. The number of ether oxygens (including phenoxy) is 1. The van der Waals surface area contributed by atoms with Crippen molar-refractivity contribution in [2.45, 2.75) is 33.4 Å². The molecule has 3 heterocycles. The molecule has 0 aliphatic rings. The first-order chi connectivity index (χ1) is 15.4. The lowest BCUT2D eigenvalue weighted by Crippen LogP contribution is -2.23. The Bertz CT molecular complexity index is 1260. The smallest absolute Gasteiger partial charge is 0.280 e. The minimum Gasteiger partial charge on any atom is -0.497 e. The molecule has 0 spiro atoms. The van der Waals surface area contributed by atoms with E-state index in [1.165, 1.54) is 12.3 Å². The average Bonchev–Trinajstić information content (AvgIpc) is 3.39. The first-order valence-electron chi connectivity index (χ1n) is 10.0. The van der Waals surface area contributed by atoms with E-state index in [1.807, 2.05) is 20.0 Å². The van der Waals surface area contributed by atoms with Crippen LogP contribution in [0, 0.1) is 6.92 Å². The molecule has 0 bridgehead atoms. The second-order valence-electron chi connectivity index (χ2n) is 7.17. The van der Waals surface area contributed by atoms with Crippen molar-refractivity contribution in [3.05, 3.63) is 65.2 Å². The Hall–Kier alpha value is -3.82. The molecule has 1 N–H and O–H groups in total. The van der Waals surface area contributed by atoms with Gasteiger partial charge in [0, 0.05) is 30.4 Å². The van der Waals surface area contributed by atoms with Gasteiger partial charge in [-0.3, -0.25) is 9.48 Å². The van der Waals surface area contributed by atoms with E-state index >= 15 is 0 Å². The number of alkyl halides is 2. The van der Waals surface area contributed by atoms with E-state index in [0.29, 0.717) is 17.0 Å². The Morgan fingerprint density at radius 1 is 1.25 bits per heavy atom. The fourth-order valence-electron chi connectivity index (χ4n) is 3.38. The highest BCUT2D eigenvalue weighted by Gasteiger charge is 2.22. The van der Waals surface area contributed by atoms with Gasteiger partial charge in [0.05, 0.1) is 24.7 Å². The third-order valence-corrected chi connectivity index (χ3v) is 5.16. The second-order valence-corrected chi connectivity index (χ2v) is 7.17. The number of benzene rings is 1. The maximum Gasteiger partial charge on any atom is 0.280 e. The summed E-state index contributed by atoms with van der Waals surface area (Å²) in [5.41, 5.74) is 2.44. The Labute approximate surface area is 182 Å². The van der Waals surface area contributed by atoms with E-state index in [1.54, 1.807) is 36.1 Å². The second kappa shape index (κ2) is 8.74. The van der Waals surface area contributed by atoms with Gasteiger partial charge in [0.15, 0.2) is 5.65 Å². The number of nitrogens with zero attached hydrogens (tertiary/aromatic N) is 5. The number of fused-ring (bicyclic) bond motifs is 1. The normalized spacial score (nSPS) is 11.3. The summed E-state index contributed by atoms with van der Waals surface area (Å²) >= 11 is 0. The van der Waals surface area contributed by atoms with Gasteiger partial charge in [0.25, 0.3) is 12.3 Å². The summed E-state index contributed by atoms with van der Waals surface area (Å²) in [6, 6.07) is 8.14. The summed E-state index contributed by atoms with van der Waals surface area (Å²) in [4.78, 5) is 17.3. The lowest BCUT2D eigenvalue weighted by molar-refractivity contribution is 0.0952. The van der Waals surface area contributed by atoms with Gasteiger partial charge in [-0.2, -0.15) is 10.2 Å². The van der Waals surface area contributed by atoms with Crippen LogP contribution in [0.3, 0.4) is 0 Å². The van der Waals surface area contributed by atoms with Crippen molar-refractivity contribution in [1.29, 1.82) is 0 Å². The van der Waals surface area contributed by atoms with Crippen molar-refractivity contribution in [1.82, 2.24) is 29.7 Å². The lowest BCUT2D eigenvalue weighted by atomic mass is 10.1. The zero-order chi connectivity index (χ0) is 22.8. The zero-order valence-corrected chi connectivity index (χ0v) is 17.8. The molecule has 10 heteroatoms. The van der Waals surface area contributed by atoms with Crippen LogP contribution in [0.25, 0.3) is 16.9 Å². The van der Waals surface area contributed by atoms with E-state index in [4.69, 9.17) is 4.74 Å². The van der Waals surface area contributed by atoms with E-state index in [-0.39, 0.29) is 23.4 Å². The Morgan fingerprint density at radius 2 is 2.00 bits per heavy atom. The molecule has 4 rings (SSSR count). The third-order valence-electron chi connectivity index (χ3n) is 5.16. The maximum absolute atomic E-state index is 13.8. The van der Waals surface area contributed by atoms with Crippen molar-refractivity contribution in [2.75, 3.05) is 7.11 Å². The number of methoxy groups -OCH3 is 1. The fourth-order valence-corrected chi connectivity index (χ4v) is 3.38. The molecule has 1 amide bonds. The third kappa shape index (κ3) is 4.03. The SMILES string of the molecule is CCn1cc(CNC(=O)c2cnn3c(C(F)F)cc(-c4ccc(OC)cc4)nc23)c(C)n1. The molecule has 0 fully saturated rings. The van der Waals surface area contributed by atoms with Crippen molar-refractivity contribution < 1.29 is 18.3 Å². The van der Waals surface area contributed by atoms with Crippen LogP contribution < -0.4 is 10.1 Å². The van der Waals surface area contributed by atoms with Gasteiger partial charge in [-0.25, -0.2) is 18.3 Å². The molecule has 0 saturated heterocycles. The summed E-state index contributed by atoms with van der Waals surface area (Å²) in [6.07, 6.45) is 0.320. The molecule has 3 aromatic heterocycles. The summed E-state index contributed by atoms with van der Waals surface area (Å²) in [7, 11) is 1.54. The van der Waals surface area contributed by atoms with Gasteiger partial charge in [-0.15, -0.1) is 0 Å². The van der Waals surface area contributed by atoms with Crippen LogP contribution in [-0.4, -0.2) is 37.4 Å². The van der Waals surface area contributed by atoms with Crippen molar-refractivity contribution in [2.24, 2.45) is 0 Å². The Balaban J connectivity index is 1.69. The molecule has 0 radical (unpaired) electrons. The highest BCUT2D eigenvalue weighted by Crippen LogP contribution is 2.28. The van der Waals surface area contributed by atoms with Crippen LogP contribution in [0.1, 0.15) is 40.7 Å². The first-order valence-corrected chi connectivity index (χ1v) is 10.0. The molecule has 0 saturated carbocycles. The quantitative estimate of drug-likeness (QED) is 0.473. The molecule has 32 heavy (non-hydrogen) atoms. The number of carbonyl (C=O) groups excluding carboxylic acids is 1. The van der Waals surface area contributed by atoms with E-state index in [0.717, 1.165) is 22.3 Å². The van der Waals surface area contributed by atoms with Gasteiger partial charge in [0.1, 0.15) is 17.0 Å². The van der Waals surface area contributed by atoms with Crippen LogP contribution in [0.5, 0.6) is 5.75 Å². The summed E-state index contributed by atoms with van der Waals surface area (Å²) in [6.45, 7) is 4.81. The molecule has 8 nitrogen and oxygen atoms in total. The number of amides is 1. The van der Waals surface area contributed by atoms with Crippen LogP contribution in [0.2, 0.25) is 0 Å². The highest BCUT2D eigenvalue weighted by atomic mass is 19.3. The predicted molar refractivity (Wildman–Crippen MR) is 114 cm³/mol.